The predicted molar refractivity (Wildman–Crippen MR) is 116 cm³/mol. The molecule has 2 aromatic heterocycles. The van der Waals surface area contributed by atoms with E-state index in [1.807, 2.05) is 40.0 Å². The number of hydrogen-bond donors (Lipinski definition) is 0. The van der Waals surface area contributed by atoms with Gasteiger partial charge in [0.15, 0.2) is 5.75 Å². The molecule has 0 atom stereocenters. The molecule has 8 heteroatoms. The first kappa shape index (κ1) is 19.7. The lowest BCUT2D eigenvalue weighted by atomic mass is 10.2. The molecule has 29 heavy (non-hydrogen) atoms. The molecular weight excluding hydrogens is 406 g/mol. The van der Waals surface area contributed by atoms with Crippen LogP contribution in [0.4, 0.5) is 5.69 Å². The second-order valence-electron chi connectivity index (χ2n) is 6.79. The molecular formula is C21H21N3O3S2. The Morgan fingerprint density at radius 1 is 1.34 bits per heavy atom. The first-order valence-corrected chi connectivity index (χ1v) is 11.1. The van der Waals surface area contributed by atoms with Gasteiger partial charge in [0, 0.05) is 40.8 Å². The fourth-order valence-electron chi connectivity index (χ4n) is 3.38. The predicted octanol–water partition coefficient (Wildman–Crippen LogP) is 3.50. The third-order valence-electron chi connectivity index (χ3n) is 4.84. The van der Waals surface area contributed by atoms with Crippen molar-refractivity contribution in [1.82, 2.24) is 9.55 Å². The Morgan fingerprint density at radius 3 is 2.93 bits per heavy atom. The van der Waals surface area contributed by atoms with Gasteiger partial charge < -0.3 is 14.2 Å². The normalized spacial score (nSPS) is 12.8. The number of methoxy groups -OCH3 is 1. The largest absolute Gasteiger partial charge is 0.491 e. The fraction of sp³-hybridized carbons (Fsp3) is 0.286. The number of amides is 1. The highest BCUT2D eigenvalue weighted by Gasteiger charge is 2.24. The number of aromatic nitrogens is 2. The van der Waals surface area contributed by atoms with E-state index in [1.165, 1.54) is 12.7 Å². The van der Waals surface area contributed by atoms with Crippen molar-refractivity contribution in [2.75, 3.05) is 18.6 Å². The second kappa shape index (κ2) is 8.42. The maximum atomic E-state index is 13.1. The van der Waals surface area contributed by atoms with Crippen LogP contribution in [0.3, 0.4) is 0 Å². The van der Waals surface area contributed by atoms with Gasteiger partial charge in [0.2, 0.25) is 11.3 Å². The van der Waals surface area contributed by atoms with Crippen LogP contribution in [0.1, 0.15) is 17.0 Å². The summed E-state index contributed by atoms with van der Waals surface area (Å²) in [5.74, 6) is 0.784. The number of para-hydroxylation sites is 1. The van der Waals surface area contributed by atoms with Crippen molar-refractivity contribution in [2.24, 2.45) is 0 Å². The number of nitrogens with zero attached hydrogens (tertiary/aromatic N) is 3. The number of benzene rings is 1. The van der Waals surface area contributed by atoms with E-state index in [9.17, 15) is 9.59 Å². The monoisotopic (exact) mass is 427 g/mol. The van der Waals surface area contributed by atoms with Gasteiger partial charge in [-0.2, -0.15) is 0 Å². The molecule has 1 aliphatic heterocycles. The van der Waals surface area contributed by atoms with Crippen molar-refractivity contribution < 1.29 is 9.53 Å². The zero-order valence-corrected chi connectivity index (χ0v) is 17.9. The Bertz CT molecular complexity index is 1110. The molecule has 1 aliphatic rings. The third kappa shape index (κ3) is 4.23. The minimum atomic E-state index is -0.186. The first-order chi connectivity index (χ1) is 14.0. The summed E-state index contributed by atoms with van der Waals surface area (Å²) in [6.45, 7) is 2.78. The van der Waals surface area contributed by atoms with E-state index < -0.39 is 0 Å². The summed E-state index contributed by atoms with van der Waals surface area (Å²) in [5, 5.41) is 2.00. The molecule has 0 fully saturated rings. The molecule has 1 amide bonds. The van der Waals surface area contributed by atoms with E-state index in [0.29, 0.717) is 12.3 Å². The quantitative estimate of drug-likeness (QED) is 0.564. The number of hydrogen-bond acceptors (Lipinski definition) is 6. The van der Waals surface area contributed by atoms with Crippen LogP contribution in [0.25, 0.3) is 0 Å². The Hall–Kier alpha value is -2.58. The number of thiazole rings is 1. The van der Waals surface area contributed by atoms with Crippen molar-refractivity contribution in [2.45, 2.75) is 30.0 Å². The number of fused-ring (bicyclic) bond motifs is 1. The van der Waals surface area contributed by atoms with Crippen LogP contribution in [-0.2, 0) is 23.5 Å². The van der Waals surface area contributed by atoms with Gasteiger partial charge in [0.05, 0.1) is 13.3 Å². The standard InChI is InChI=1S/C21H21N3O3S2/c1-14-12-28-21(22-14)29-13-16-9-18(25)19(27-2)10-23(16)11-20(26)24-8-7-15-5-3-4-6-17(15)24/h3-6,9-10,12H,7-8,11,13H2,1-2H3. The van der Waals surface area contributed by atoms with Crippen molar-refractivity contribution in [1.29, 1.82) is 0 Å². The summed E-state index contributed by atoms with van der Waals surface area (Å²) in [7, 11) is 1.46. The van der Waals surface area contributed by atoms with Gasteiger partial charge >= 0.3 is 0 Å². The topological polar surface area (TPSA) is 64.4 Å². The fourth-order valence-corrected chi connectivity index (χ4v) is 5.22. The third-order valence-corrected chi connectivity index (χ3v) is 7.01. The van der Waals surface area contributed by atoms with Gasteiger partial charge in [0.1, 0.15) is 10.9 Å². The molecule has 0 saturated heterocycles. The molecule has 1 aromatic carbocycles. The van der Waals surface area contributed by atoms with E-state index in [1.54, 1.807) is 35.4 Å². The summed E-state index contributed by atoms with van der Waals surface area (Å²) in [4.78, 5) is 31.6. The van der Waals surface area contributed by atoms with Crippen LogP contribution in [-0.4, -0.2) is 29.1 Å². The molecule has 0 aliphatic carbocycles. The summed E-state index contributed by atoms with van der Waals surface area (Å²) in [6, 6.07) is 9.54. The molecule has 3 aromatic rings. The Balaban J connectivity index is 1.58. The molecule has 0 spiro atoms. The van der Waals surface area contributed by atoms with Crippen molar-refractivity contribution >= 4 is 34.7 Å². The highest BCUT2D eigenvalue weighted by molar-refractivity contribution is 8.00. The van der Waals surface area contributed by atoms with Crippen LogP contribution in [0, 0.1) is 6.92 Å². The van der Waals surface area contributed by atoms with Crippen LogP contribution in [0.2, 0.25) is 0 Å². The number of aryl methyl sites for hydroxylation is 1. The van der Waals surface area contributed by atoms with Crippen LogP contribution in [0.15, 0.2) is 51.0 Å². The van der Waals surface area contributed by atoms with Crippen LogP contribution < -0.4 is 15.1 Å². The van der Waals surface area contributed by atoms with E-state index in [0.717, 1.165) is 27.8 Å². The highest BCUT2D eigenvalue weighted by atomic mass is 32.2. The number of ether oxygens (including phenoxy) is 1. The number of carbonyl (C=O) groups excluding carboxylic acids is 1. The minimum Gasteiger partial charge on any atom is -0.491 e. The smallest absolute Gasteiger partial charge is 0.246 e. The summed E-state index contributed by atoms with van der Waals surface area (Å²) >= 11 is 3.14. The number of carbonyl (C=O) groups is 1. The average molecular weight is 428 g/mol. The zero-order chi connectivity index (χ0) is 20.4. The molecule has 6 nitrogen and oxygen atoms in total. The molecule has 0 bridgehead atoms. The Kier molecular flexibility index (Phi) is 5.73. The van der Waals surface area contributed by atoms with Gasteiger partial charge in [-0.05, 0) is 25.0 Å². The molecule has 150 valence electrons. The molecule has 0 N–H and O–H groups in total. The maximum Gasteiger partial charge on any atom is 0.246 e. The maximum absolute atomic E-state index is 13.1. The lowest BCUT2D eigenvalue weighted by Gasteiger charge is -2.20. The number of anilines is 1. The van der Waals surface area contributed by atoms with E-state index >= 15 is 0 Å². The van der Waals surface area contributed by atoms with Crippen LogP contribution in [0.5, 0.6) is 5.75 Å². The average Bonchev–Trinajstić information content (AvgIpc) is 3.33. The highest BCUT2D eigenvalue weighted by Crippen LogP contribution is 2.29. The van der Waals surface area contributed by atoms with Gasteiger partial charge in [-0.1, -0.05) is 30.0 Å². The van der Waals surface area contributed by atoms with Gasteiger partial charge in [-0.15, -0.1) is 11.3 Å². The van der Waals surface area contributed by atoms with E-state index in [-0.39, 0.29) is 23.6 Å². The van der Waals surface area contributed by atoms with Gasteiger partial charge in [0.25, 0.3) is 0 Å². The first-order valence-electron chi connectivity index (χ1n) is 9.25. The SMILES string of the molecule is COc1cn(CC(=O)N2CCc3ccccc32)c(CSc2nc(C)cs2)cc1=O. The van der Waals surface area contributed by atoms with Crippen LogP contribution >= 0.6 is 23.1 Å². The number of rotatable bonds is 6. The lowest BCUT2D eigenvalue weighted by molar-refractivity contribution is -0.119. The molecule has 0 radical (unpaired) electrons. The number of pyridine rings is 1. The number of thioether (sulfide) groups is 1. The summed E-state index contributed by atoms with van der Waals surface area (Å²) in [6.07, 6.45) is 2.49. The molecule has 4 rings (SSSR count). The zero-order valence-electron chi connectivity index (χ0n) is 16.3. The van der Waals surface area contributed by atoms with E-state index in [4.69, 9.17) is 4.74 Å². The minimum absolute atomic E-state index is 0.00278. The molecule has 3 heterocycles. The molecule has 0 saturated carbocycles. The van der Waals surface area contributed by atoms with Crippen molar-refractivity contribution in [3.05, 3.63) is 69.1 Å². The van der Waals surface area contributed by atoms with Gasteiger partial charge in [-0.25, -0.2) is 4.98 Å². The van der Waals surface area contributed by atoms with Crippen molar-refractivity contribution in [3.8, 4) is 5.75 Å². The summed E-state index contributed by atoms with van der Waals surface area (Å²) in [5.41, 5.74) is 3.73. The van der Waals surface area contributed by atoms with Crippen molar-refractivity contribution in [3.63, 3.8) is 0 Å². The second-order valence-corrected chi connectivity index (χ2v) is 8.87. The lowest BCUT2D eigenvalue weighted by Crippen LogP contribution is -2.33. The van der Waals surface area contributed by atoms with E-state index in [2.05, 4.69) is 11.1 Å². The molecule has 0 unspecified atom stereocenters. The Labute approximate surface area is 177 Å². The van der Waals surface area contributed by atoms with Gasteiger partial charge in [-0.3, -0.25) is 9.59 Å². The Morgan fingerprint density at radius 2 is 2.17 bits per heavy atom. The summed E-state index contributed by atoms with van der Waals surface area (Å²) < 4.78 is 7.95.